The van der Waals surface area contributed by atoms with Gasteiger partial charge in [-0.1, -0.05) is 23.7 Å². The van der Waals surface area contributed by atoms with E-state index in [9.17, 15) is 19.5 Å². The number of rotatable bonds is 8. The van der Waals surface area contributed by atoms with Crippen LogP contribution in [-0.4, -0.2) is 45.9 Å². The van der Waals surface area contributed by atoms with Crippen LogP contribution in [0.4, 0.5) is 17.2 Å². The number of amides is 2. The number of carboxylic acids is 1. The highest BCUT2D eigenvalue weighted by atomic mass is 35.5. The second kappa shape index (κ2) is 11.2. The molecule has 1 aliphatic heterocycles. The predicted molar refractivity (Wildman–Crippen MR) is 138 cm³/mol. The summed E-state index contributed by atoms with van der Waals surface area (Å²) in [7, 11) is 0. The van der Waals surface area contributed by atoms with Gasteiger partial charge in [0.25, 0.3) is 5.91 Å². The lowest BCUT2D eigenvalue weighted by atomic mass is 10.1. The molecule has 36 heavy (non-hydrogen) atoms. The quantitative estimate of drug-likeness (QED) is 0.391. The maximum absolute atomic E-state index is 12.6. The van der Waals surface area contributed by atoms with Crippen molar-refractivity contribution < 1.29 is 19.5 Å². The highest BCUT2D eigenvalue weighted by molar-refractivity contribution is 6.30. The lowest BCUT2D eigenvalue weighted by Gasteiger charge is -2.21. The summed E-state index contributed by atoms with van der Waals surface area (Å²) in [5.41, 5.74) is 3.07. The van der Waals surface area contributed by atoms with Crippen molar-refractivity contribution in [1.29, 1.82) is 0 Å². The van der Waals surface area contributed by atoms with Crippen LogP contribution in [0.25, 0.3) is 0 Å². The molecule has 10 heteroatoms. The van der Waals surface area contributed by atoms with Crippen LogP contribution < -0.4 is 15.5 Å². The Morgan fingerprint density at radius 3 is 2.17 bits per heavy atom. The summed E-state index contributed by atoms with van der Waals surface area (Å²) in [6, 6.07) is 13.9. The molecule has 0 atom stereocenters. The molecule has 0 radical (unpaired) electrons. The van der Waals surface area contributed by atoms with Gasteiger partial charge in [0.2, 0.25) is 5.91 Å². The first-order chi connectivity index (χ1) is 17.3. The second-order valence-electron chi connectivity index (χ2n) is 8.58. The van der Waals surface area contributed by atoms with Crippen LogP contribution in [0.3, 0.4) is 0 Å². The Balaban J connectivity index is 1.45. The number of carboxylic acid groups (broad SMARTS) is 1. The predicted octanol–water partition coefficient (Wildman–Crippen LogP) is 4.16. The van der Waals surface area contributed by atoms with Crippen molar-refractivity contribution in [2.45, 2.75) is 32.6 Å². The molecule has 0 saturated carbocycles. The summed E-state index contributed by atoms with van der Waals surface area (Å²) < 4.78 is 0. The third kappa shape index (κ3) is 6.37. The van der Waals surface area contributed by atoms with Gasteiger partial charge in [0.15, 0.2) is 0 Å². The molecule has 1 fully saturated rings. The van der Waals surface area contributed by atoms with Crippen molar-refractivity contribution in [3.8, 4) is 0 Å². The van der Waals surface area contributed by atoms with Gasteiger partial charge in [-0.05, 0) is 54.8 Å². The van der Waals surface area contributed by atoms with Crippen LogP contribution in [0.15, 0.2) is 48.5 Å². The zero-order valence-electron chi connectivity index (χ0n) is 19.8. The number of aliphatic carboxylic acids is 1. The number of anilines is 3. The van der Waals surface area contributed by atoms with Gasteiger partial charge in [-0.15, -0.1) is 0 Å². The van der Waals surface area contributed by atoms with E-state index in [4.69, 9.17) is 11.6 Å². The van der Waals surface area contributed by atoms with E-state index >= 15 is 0 Å². The first-order valence-corrected chi connectivity index (χ1v) is 12.0. The Morgan fingerprint density at radius 2 is 1.56 bits per heavy atom. The zero-order valence-corrected chi connectivity index (χ0v) is 20.5. The largest absolute Gasteiger partial charge is 0.481 e. The third-order valence-electron chi connectivity index (χ3n) is 5.76. The number of aromatic nitrogens is 2. The van der Waals surface area contributed by atoms with E-state index in [2.05, 4.69) is 25.5 Å². The van der Waals surface area contributed by atoms with Gasteiger partial charge in [-0.3, -0.25) is 14.4 Å². The molecule has 0 aliphatic carbocycles. The summed E-state index contributed by atoms with van der Waals surface area (Å²) in [6.07, 6.45) is 2.23. The molecule has 2 aromatic carbocycles. The van der Waals surface area contributed by atoms with E-state index in [1.807, 2.05) is 12.1 Å². The molecule has 186 valence electrons. The monoisotopic (exact) mass is 507 g/mol. The molecule has 1 aliphatic rings. The van der Waals surface area contributed by atoms with Gasteiger partial charge in [0.1, 0.15) is 16.8 Å². The number of hydrogen-bond donors (Lipinski definition) is 3. The molecule has 9 nitrogen and oxygen atoms in total. The van der Waals surface area contributed by atoms with Crippen molar-refractivity contribution in [1.82, 2.24) is 9.97 Å². The molecule has 3 N–H and O–H groups in total. The van der Waals surface area contributed by atoms with E-state index in [-0.39, 0.29) is 23.4 Å². The minimum absolute atomic E-state index is 0.165. The van der Waals surface area contributed by atoms with Crippen LogP contribution >= 0.6 is 11.6 Å². The Labute approximate surface area is 213 Å². The van der Waals surface area contributed by atoms with Crippen LogP contribution in [0.5, 0.6) is 0 Å². The fourth-order valence-electron chi connectivity index (χ4n) is 4.06. The van der Waals surface area contributed by atoms with Crippen LogP contribution in [0, 0.1) is 0 Å². The number of hydrogen-bond acceptors (Lipinski definition) is 6. The Bertz CT molecular complexity index is 1270. The molecule has 1 aromatic heterocycles. The number of carbonyl (C=O) groups is 3. The second-order valence-corrected chi connectivity index (χ2v) is 8.94. The highest BCUT2D eigenvalue weighted by Gasteiger charge is 2.23. The number of nitrogens with zero attached hydrogens (tertiary/aromatic N) is 3. The molecular weight excluding hydrogens is 482 g/mol. The van der Waals surface area contributed by atoms with Crippen molar-refractivity contribution in [3.05, 3.63) is 76.2 Å². The third-order valence-corrected chi connectivity index (χ3v) is 6.07. The zero-order chi connectivity index (χ0) is 25.7. The van der Waals surface area contributed by atoms with Gasteiger partial charge in [-0.25, -0.2) is 9.97 Å². The maximum Gasteiger partial charge on any atom is 0.308 e. The lowest BCUT2D eigenvalue weighted by molar-refractivity contribution is -0.136. The molecule has 0 spiro atoms. The Kier molecular flexibility index (Phi) is 7.80. The van der Waals surface area contributed by atoms with E-state index in [0.29, 0.717) is 40.6 Å². The van der Waals surface area contributed by atoms with Crippen molar-refractivity contribution >= 4 is 46.6 Å². The van der Waals surface area contributed by atoms with E-state index < -0.39 is 5.97 Å². The average molecular weight is 508 g/mol. The maximum atomic E-state index is 12.6. The number of benzene rings is 2. The van der Waals surface area contributed by atoms with Crippen LogP contribution in [-0.2, 0) is 22.4 Å². The molecule has 1 saturated heterocycles. The van der Waals surface area contributed by atoms with Crippen molar-refractivity contribution in [2.75, 3.05) is 28.6 Å². The fraction of sp³-hybridized carbons (Fsp3) is 0.269. The number of halogens is 1. The minimum Gasteiger partial charge on any atom is -0.481 e. The van der Waals surface area contributed by atoms with E-state index in [0.717, 1.165) is 31.5 Å². The first kappa shape index (κ1) is 25.1. The van der Waals surface area contributed by atoms with Crippen molar-refractivity contribution in [2.24, 2.45) is 0 Å². The van der Waals surface area contributed by atoms with Crippen molar-refractivity contribution in [3.63, 3.8) is 0 Å². The van der Waals surface area contributed by atoms with Gasteiger partial charge in [0, 0.05) is 48.9 Å². The van der Waals surface area contributed by atoms with E-state index in [1.165, 1.54) is 6.92 Å². The van der Waals surface area contributed by atoms with Gasteiger partial charge >= 0.3 is 5.97 Å². The summed E-state index contributed by atoms with van der Waals surface area (Å²) in [4.78, 5) is 46.1. The van der Waals surface area contributed by atoms with Crippen LogP contribution in [0.1, 0.15) is 47.1 Å². The van der Waals surface area contributed by atoms with Gasteiger partial charge in [0.05, 0.1) is 6.42 Å². The normalized spacial score (nSPS) is 12.9. The Morgan fingerprint density at radius 1 is 0.944 bits per heavy atom. The summed E-state index contributed by atoms with van der Waals surface area (Å²) in [6.45, 7) is 3.04. The fourth-order valence-corrected chi connectivity index (χ4v) is 4.31. The van der Waals surface area contributed by atoms with Gasteiger partial charge in [-0.2, -0.15) is 0 Å². The molecule has 3 aromatic rings. The molecule has 2 amide bonds. The molecule has 0 unspecified atom stereocenters. The number of carbonyl (C=O) groups excluding carboxylic acids is 2. The average Bonchev–Trinajstić information content (AvgIpc) is 3.36. The standard InChI is InChI=1S/C26H26ClN5O4/c1-16(33)28-19-10-6-18(7-11-19)26(36)29-20-8-4-17(5-9-20)14-22-30-24(27)21(15-23(34)35)25(31-22)32-12-2-3-13-32/h4-11H,2-3,12-15H2,1H3,(H,28,33)(H,29,36)(H,34,35). The smallest absolute Gasteiger partial charge is 0.308 e. The molecular formula is C26H26ClN5O4. The molecule has 4 rings (SSSR count). The summed E-state index contributed by atoms with van der Waals surface area (Å²) in [5.74, 6) is -0.319. The number of nitrogens with one attached hydrogen (secondary N) is 2. The SMILES string of the molecule is CC(=O)Nc1ccc(C(=O)Nc2ccc(Cc3nc(Cl)c(CC(=O)O)c(N4CCCC4)n3)cc2)cc1. The summed E-state index contributed by atoms with van der Waals surface area (Å²) >= 11 is 6.39. The minimum atomic E-state index is -0.977. The lowest BCUT2D eigenvalue weighted by Crippen LogP contribution is -2.23. The van der Waals surface area contributed by atoms with Crippen LogP contribution in [0.2, 0.25) is 5.15 Å². The molecule has 0 bridgehead atoms. The topological polar surface area (TPSA) is 125 Å². The molecule has 2 heterocycles. The van der Waals surface area contributed by atoms with Gasteiger partial charge < -0.3 is 20.6 Å². The van der Waals surface area contributed by atoms with E-state index in [1.54, 1.807) is 36.4 Å². The Hall–Kier alpha value is -3.98. The first-order valence-electron chi connectivity index (χ1n) is 11.6. The summed E-state index contributed by atoms with van der Waals surface area (Å²) in [5, 5.41) is 15.0. The highest BCUT2D eigenvalue weighted by Crippen LogP contribution is 2.28.